The monoisotopic (exact) mass is 288 g/mol. The van der Waals surface area contributed by atoms with Crippen LogP contribution in [0, 0.1) is 0 Å². The minimum atomic E-state index is 0. The van der Waals surface area contributed by atoms with E-state index in [0.717, 1.165) is 0 Å². The van der Waals surface area contributed by atoms with Crippen LogP contribution in [0.5, 0.6) is 0 Å². The maximum absolute atomic E-state index is 0. The van der Waals surface area contributed by atoms with Crippen molar-refractivity contribution in [2.24, 2.45) is 0 Å². The zero-order chi connectivity index (χ0) is 0. The summed E-state index contributed by atoms with van der Waals surface area (Å²) in [5.74, 6) is 0. The minimum Gasteiger partial charge on any atom is 0 e. The standard InChI is InChI=1S/Co.Cr.Cu.Fe.Ni. The van der Waals surface area contributed by atoms with Gasteiger partial charge in [0.05, 0.1) is 0 Å². The molecule has 0 saturated heterocycles. The van der Waals surface area contributed by atoms with Crippen LogP contribution in [0.15, 0.2) is 0 Å². The molecule has 44 valence electrons. The number of hydrogen-bond acceptors (Lipinski definition) is 0. The fourth-order valence-electron chi connectivity index (χ4n) is 0. The van der Waals surface area contributed by atoms with E-state index in [-0.39, 0.29) is 84.8 Å². The van der Waals surface area contributed by atoms with Crippen LogP contribution in [0.25, 0.3) is 0 Å². The Morgan fingerprint density at radius 2 is 1.00 bits per heavy atom. The molecule has 0 aromatic carbocycles. The molecule has 0 N–H and O–H groups in total. The summed E-state index contributed by atoms with van der Waals surface area (Å²) in [7, 11) is 0. The Morgan fingerprint density at radius 1 is 1.00 bits per heavy atom. The summed E-state index contributed by atoms with van der Waals surface area (Å²) >= 11 is 0. The van der Waals surface area contributed by atoms with Crippen molar-refractivity contribution in [1.82, 2.24) is 0 Å². The first-order valence-electron chi connectivity index (χ1n) is 0. The molecule has 0 amide bonds. The third-order valence-electron chi connectivity index (χ3n) is 0. The molecule has 0 aliphatic carbocycles. The molecular formula is CoCrCuFeNi. The van der Waals surface area contributed by atoms with Gasteiger partial charge in [0.15, 0.2) is 0 Å². The molecule has 0 spiro atoms. The molecule has 5 heavy (non-hydrogen) atoms. The first kappa shape index (κ1) is 49.4. The Hall–Kier alpha value is 2.57. The molecule has 2 radical (unpaired) electrons. The summed E-state index contributed by atoms with van der Waals surface area (Å²) in [5.41, 5.74) is 0. The van der Waals surface area contributed by atoms with E-state index in [4.69, 9.17) is 0 Å². The Kier molecular flexibility index (Phi) is 305. The largest absolute Gasteiger partial charge is 0 e. The molecule has 0 nitrogen and oxygen atoms in total. The molecule has 0 aromatic rings. The van der Waals surface area contributed by atoms with E-state index in [9.17, 15) is 0 Å². The molecule has 0 fully saturated rings. The molecule has 0 unspecified atom stereocenters. The predicted molar refractivity (Wildman–Crippen MR) is 0 cm³/mol. The van der Waals surface area contributed by atoms with Gasteiger partial charge in [-0.3, -0.25) is 0 Å². The molecule has 0 saturated carbocycles. The van der Waals surface area contributed by atoms with E-state index in [1.165, 1.54) is 0 Å². The topological polar surface area (TPSA) is 0 Å². The van der Waals surface area contributed by atoms with E-state index < -0.39 is 0 Å². The quantitative estimate of drug-likeness (QED) is 0.550. The van der Waals surface area contributed by atoms with Gasteiger partial charge >= 0.3 is 0 Å². The van der Waals surface area contributed by atoms with Gasteiger partial charge in [-0.25, -0.2) is 0 Å². The van der Waals surface area contributed by atoms with Crippen LogP contribution < -0.4 is 0 Å². The van der Waals surface area contributed by atoms with Crippen LogP contribution >= 0.6 is 0 Å². The normalized spacial score (nSPS) is 0. The van der Waals surface area contributed by atoms with E-state index in [2.05, 4.69) is 0 Å². The van der Waals surface area contributed by atoms with E-state index in [0.29, 0.717) is 0 Å². The average molecular weight is 289 g/mol. The third-order valence-corrected chi connectivity index (χ3v) is 0. The Balaban J connectivity index is 0. The molecule has 0 aromatic heterocycles. The molecule has 0 bridgehead atoms. The van der Waals surface area contributed by atoms with Crippen molar-refractivity contribution in [2.75, 3.05) is 0 Å². The van der Waals surface area contributed by atoms with Crippen molar-refractivity contribution in [3.8, 4) is 0 Å². The number of hydrogen-bond donors (Lipinski definition) is 0. The van der Waals surface area contributed by atoms with Gasteiger partial charge in [-0.1, -0.05) is 0 Å². The van der Waals surface area contributed by atoms with E-state index >= 15 is 0 Å². The molecule has 0 atom stereocenters. The molecule has 5 heteroatoms. The van der Waals surface area contributed by atoms with Gasteiger partial charge in [-0.05, 0) is 0 Å². The summed E-state index contributed by atoms with van der Waals surface area (Å²) in [6.07, 6.45) is 0. The first-order chi connectivity index (χ1) is 0. The van der Waals surface area contributed by atoms with Gasteiger partial charge in [0.2, 0.25) is 0 Å². The zero-order valence-corrected chi connectivity index (χ0v) is 7.06. The third kappa shape index (κ3) is 20.8. The van der Waals surface area contributed by atoms with Crippen LogP contribution in [-0.4, -0.2) is 0 Å². The van der Waals surface area contributed by atoms with Crippen LogP contribution in [0.4, 0.5) is 0 Å². The van der Waals surface area contributed by atoms with E-state index in [1.807, 2.05) is 0 Å². The Labute approximate surface area is 83.8 Å². The molecule has 0 aliphatic heterocycles. The van der Waals surface area contributed by atoms with Crippen molar-refractivity contribution < 1.29 is 84.8 Å². The molecular weight excluding hydrogens is 289 g/mol. The molecule has 0 aliphatic rings. The van der Waals surface area contributed by atoms with Crippen molar-refractivity contribution in [2.45, 2.75) is 0 Å². The van der Waals surface area contributed by atoms with Gasteiger partial charge in [-0.15, -0.1) is 0 Å². The first-order valence-corrected chi connectivity index (χ1v) is 0. The minimum absolute atomic E-state index is 0. The summed E-state index contributed by atoms with van der Waals surface area (Å²) in [6, 6.07) is 0. The second kappa shape index (κ2) is 30.8. The van der Waals surface area contributed by atoms with Gasteiger partial charge < -0.3 is 0 Å². The smallest absolute Gasteiger partial charge is 0 e. The second-order valence-corrected chi connectivity index (χ2v) is 0. The van der Waals surface area contributed by atoms with Crippen molar-refractivity contribution >= 4 is 0 Å². The summed E-state index contributed by atoms with van der Waals surface area (Å²) < 4.78 is 0. The van der Waals surface area contributed by atoms with Crippen molar-refractivity contribution in [1.29, 1.82) is 0 Å². The Morgan fingerprint density at radius 3 is 1.00 bits per heavy atom. The summed E-state index contributed by atoms with van der Waals surface area (Å²) in [4.78, 5) is 0. The van der Waals surface area contributed by atoms with Crippen molar-refractivity contribution in [3.63, 3.8) is 0 Å². The second-order valence-electron chi connectivity index (χ2n) is 0. The van der Waals surface area contributed by atoms with Crippen LogP contribution in [-0.2, 0) is 84.8 Å². The van der Waals surface area contributed by atoms with Gasteiger partial charge in [0, 0.05) is 84.8 Å². The maximum atomic E-state index is 0. The van der Waals surface area contributed by atoms with Crippen LogP contribution in [0.1, 0.15) is 0 Å². The van der Waals surface area contributed by atoms with E-state index in [1.54, 1.807) is 0 Å². The van der Waals surface area contributed by atoms with Gasteiger partial charge in [-0.2, -0.15) is 0 Å². The summed E-state index contributed by atoms with van der Waals surface area (Å²) in [5, 5.41) is 0. The fraction of sp³-hybridized carbons (Fsp3) is 0. The van der Waals surface area contributed by atoms with Crippen LogP contribution in [0.3, 0.4) is 0 Å². The maximum Gasteiger partial charge on any atom is 0 e. The summed E-state index contributed by atoms with van der Waals surface area (Å²) in [6.45, 7) is 0. The molecule has 0 heterocycles. The van der Waals surface area contributed by atoms with Gasteiger partial charge in [0.1, 0.15) is 0 Å². The molecule has 0 rings (SSSR count). The van der Waals surface area contributed by atoms with Crippen LogP contribution in [0.2, 0.25) is 0 Å². The van der Waals surface area contributed by atoms with Gasteiger partial charge in [0.25, 0.3) is 0 Å². The average Bonchev–Trinajstić information content (AvgIpc) is 0. The van der Waals surface area contributed by atoms with Crippen molar-refractivity contribution in [3.05, 3.63) is 0 Å². The predicted octanol–water partition coefficient (Wildman–Crippen LogP) is -0.0125. The number of rotatable bonds is 0. The zero-order valence-electron chi connectivity index (χ0n) is 1.71. The SMILES string of the molecule is [Co].[Cr].[Cu].[Fe].[Ni]. The Bertz CT molecular complexity index is 11.6. The fourth-order valence-corrected chi connectivity index (χ4v) is 0.